The van der Waals surface area contributed by atoms with Gasteiger partial charge in [0.2, 0.25) is 0 Å². The molecule has 194 valence electrons. The predicted octanol–water partition coefficient (Wildman–Crippen LogP) is 6.48. The number of hydrogen-bond acceptors (Lipinski definition) is 8. The van der Waals surface area contributed by atoms with Gasteiger partial charge in [-0.2, -0.15) is 0 Å². The lowest BCUT2D eigenvalue weighted by molar-refractivity contribution is 0.0227. The van der Waals surface area contributed by atoms with Gasteiger partial charge in [-0.25, -0.2) is 19.7 Å². The Hall–Kier alpha value is -4.18. The van der Waals surface area contributed by atoms with E-state index in [0.717, 1.165) is 55.7 Å². The molecule has 1 aromatic carbocycles. The number of aromatic nitrogens is 4. The van der Waals surface area contributed by atoms with Crippen molar-refractivity contribution in [3.8, 4) is 11.5 Å². The van der Waals surface area contributed by atoms with E-state index in [9.17, 15) is 4.79 Å². The second-order valence-corrected chi connectivity index (χ2v) is 11.4. The summed E-state index contributed by atoms with van der Waals surface area (Å²) in [6, 6.07) is 9.80. The highest BCUT2D eigenvalue weighted by molar-refractivity contribution is 7.19. The molecule has 0 aliphatic carbocycles. The molecule has 0 unspecified atom stereocenters. The molecule has 0 bridgehead atoms. The molecule has 0 radical (unpaired) electrons. The summed E-state index contributed by atoms with van der Waals surface area (Å²) in [6.07, 6.45) is 7.61. The first kappa shape index (κ1) is 24.2. The summed E-state index contributed by atoms with van der Waals surface area (Å²) in [5, 5.41) is 4.50. The van der Waals surface area contributed by atoms with Crippen molar-refractivity contribution < 1.29 is 14.3 Å². The van der Waals surface area contributed by atoms with Crippen LogP contribution in [-0.4, -0.2) is 42.5 Å². The number of pyridine rings is 1. The highest BCUT2D eigenvalue weighted by Crippen LogP contribution is 2.39. The van der Waals surface area contributed by atoms with Gasteiger partial charge in [0.15, 0.2) is 0 Å². The van der Waals surface area contributed by atoms with Gasteiger partial charge in [-0.05, 0) is 69.5 Å². The number of carbonyl (C=O) groups is 1. The van der Waals surface area contributed by atoms with Gasteiger partial charge in [0.05, 0.1) is 11.9 Å². The van der Waals surface area contributed by atoms with Crippen LogP contribution in [-0.2, 0) is 17.7 Å². The summed E-state index contributed by atoms with van der Waals surface area (Å²) < 4.78 is 13.7. The molecule has 38 heavy (non-hydrogen) atoms. The third kappa shape index (κ3) is 4.74. The highest BCUT2D eigenvalue weighted by Gasteiger charge is 2.29. The molecule has 6 rings (SSSR count). The van der Waals surface area contributed by atoms with Crippen LogP contribution in [0.15, 0.2) is 55.2 Å². The lowest BCUT2D eigenvalue weighted by Crippen LogP contribution is -2.39. The zero-order chi connectivity index (χ0) is 26.4. The zero-order valence-corrected chi connectivity index (χ0v) is 22.5. The maximum Gasteiger partial charge on any atom is 0.410 e. The third-order valence-corrected chi connectivity index (χ3v) is 7.45. The molecule has 5 heterocycles. The van der Waals surface area contributed by atoms with Gasteiger partial charge in [0.25, 0.3) is 0 Å². The van der Waals surface area contributed by atoms with Crippen molar-refractivity contribution in [3.63, 3.8) is 0 Å². The molecule has 1 aliphatic rings. The lowest BCUT2D eigenvalue weighted by Gasteiger charge is -2.30. The van der Waals surface area contributed by atoms with Crippen molar-refractivity contribution in [2.75, 3.05) is 11.9 Å². The van der Waals surface area contributed by atoms with E-state index in [2.05, 4.69) is 20.3 Å². The summed E-state index contributed by atoms with van der Waals surface area (Å²) in [4.78, 5) is 29.8. The van der Waals surface area contributed by atoms with Crippen molar-refractivity contribution in [2.45, 2.75) is 46.3 Å². The van der Waals surface area contributed by atoms with Crippen LogP contribution in [0.3, 0.4) is 0 Å². The van der Waals surface area contributed by atoms with Crippen molar-refractivity contribution >= 4 is 44.8 Å². The Labute approximate surface area is 224 Å². The van der Waals surface area contributed by atoms with Gasteiger partial charge in [-0.3, -0.25) is 0 Å². The Morgan fingerprint density at radius 3 is 2.79 bits per heavy atom. The van der Waals surface area contributed by atoms with E-state index < -0.39 is 5.60 Å². The van der Waals surface area contributed by atoms with Crippen LogP contribution < -0.4 is 10.1 Å². The first-order valence-corrected chi connectivity index (χ1v) is 13.3. The number of rotatable bonds is 4. The topological polar surface area (TPSA) is 93.9 Å². The number of nitrogens with one attached hydrogen (secondary N) is 1. The number of ether oxygens (including phenoxy) is 2. The molecule has 1 N–H and O–H groups in total. The van der Waals surface area contributed by atoms with Crippen LogP contribution in [0.2, 0.25) is 0 Å². The first-order valence-electron chi connectivity index (χ1n) is 12.4. The van der Waals surface area contributed by atoms with Crippen LogP contribution in [0.25, 0.3) is 15.9 Å². The largest absolute Gasteiger partial charge is 0.457 e. The van der Waals surface area contributed by atoms with Gasteiger partial charge in [-0.1, -0.05) is 0 Å². The van der Waals surface area contributed by atoms with E-state index in [1.165, 1.54) is 5.56 Å². The molecule has 1 aliphatic heterocycles. The van der Waals surface area contributed by atoms with Crippen LogP contribution in [0.4, 0.5) is 16.3 Å². The number of benzene rings is 1. The molecule has 4 aromatic heterocycles. The van der Waals surface area contributed by atoms with E-state index in [1.807, 2.05) is 74.8 Å². The number of fused-ring (bicyclic) bond motifs is 4. The minimum absolute atomic E-state index is 0.285. The van der Waals surface area contributed by atoms with Crippen LogP contribution >= 0.6 is 11.3 Å². The molecule has 0 saturated carbocycles. The SMILES string of the molecule is Cc1cc(Nc2ncnc3sc4c(c23)CCN(C(=O)OC(C)(C)C)C4)ccc1Oc1ccn2ccnc2c1. The van der Waals surface area contributed by atoms with Crippen LogP contribution in [0, 0.1) is 6.92 Å². The Morgan fingerprint density at radius 2 is 1.97 bits per heavy atom. The van der Waals surface area contributed by atoms with E-state index >= 15 is 0 Å². The van der Waals surface area contributed by atoms with E-state index in [1.54, 1.807) is 28.8 Å². The molecule has 1 amide bonds. The highest BCUT2D eigenvalue weighted by atomic mass is 32.1. The summed E-state index contributed by atoms with van der Waals surface area (Å²) in [5.41, 5.74) is 3.40. The molecule has 0 saturated heterocycles. The second-order valence-electron chi connectivity index (χ2n) is 10.3. The minimum Gasteiger partial charge on any atom is -0.457 e. The first-order chi connectivity index (χ1) is 18.2. The fourth-order valence-electron chi connectivity index (χ4n) is 4.57. The molecule has 10 heteroatoms. The second kappa shape index (κ2) is 9.29. The molecule has 0 fully saturated rings. The Balaban J connectivity index is 1.22. The average Bonchev–Trinajstić information content (AvgIpc) is 3.48. The number of amides is 1. The minimum atomic E-state index is -0.522. The molecule has 9 nitrogen and oxygen atoms in total. The maximum absolute atomic E-state index is 12.6. The number of hydrogen-bond donors (Lipinski definition) is 1. The van der Waals surface area contributed by atoms with Crippen molar-refractivity contribution in [1.82, 2.24) is 24.3 Å². The van der Waals surface area contributed by atoms with Gasteiger partial charge in [0, 0.05) is 41.8 Å². The monoisotopic (exact) mass is 528 g/mol. The normalized spacial score (nSPS) is 13.5. The maximum atomic E-state index is 12.6. The summed E-state index contributed by atoms with van der Waals surface area (Å²) in [7, 11) is 0. The van der Waals surface area contributed by atoms with E-state index in [4.69, 9.17) is 9.47 Å². The fraction of sp³-hybridized carbons (Fsp3) is 0.286. The number of aryl methyl sites for hydroxylation is 1. The molecular weight excluding hydrogens is 500 g/mol. The number of imidazole rings is 1. The van der Waals surface area contributed by atoms with Gasteiger partial charge >= 0.3 is 6.09 Å². The number of thiophene rings is 1. The summed E-state index contributed by atoms with van der Waals surface area (Å²) >= 11 is 1.60. The van der Waals surface area contributed by atoms with Gasteiger partial charge in [-0.15, -0.1) is 11.3 Å². The quantitative estimate of drug-likeness (QED) is 0.285. The average molecular weight is 529 g/mol. The van der Waals surface area contributed by atoms with Gasteiger partial charge < -0.3 is 24.1 Å². The Morgan fingerprint density at radius 1 is 1.11 bits per heavy atom. The third-order valence-electron chi connectivity index (χ3n) is 6.32. The van der Waals surface area contributed by atoms with Crippen molar-refractivity contribution in [3.05, 3.63) is 71.3 Å². The standard InChI is InChI=1S/C28H28N6O3S/c1-17-13-18(5-6-21(17)36-19-7-10-33-12-9-29-23(33)14-19)32-25-24-20-8-11-34(27(35)37-28(2,3)4)15-22(20)38-26(24)31-16-30-25/h5-7,9-10,12-14,16H,8,11,15H2,1-4H3,(H,30,31,32). The summed E-state index contributed by atoms with van der Waals surface area (Å²) in [5.74, 6) is 2.26. The van der Waals surface area contributed by atoms with E-state index in [-0.39, 0.29) is 6.09 Å². The number of anilines is 2. The number of carbonyl (C=O) groups excluding carboxylic acids is 1. The van der Waals surface area contributed by atoms with Gasteiger partial charge in [0.1, 0.15) is 39.7 Å². The Kier molecular flexibility index (Phi) is 5.91. The molecule has 5 aromatic rings. The number of nitrogens with zero attached hydrogens (tertiary/aromatic N) is 5. The fourth-order valence-corrected chi connectivity index (χ4v) is 5.77. The molecule has 0 atom stereocenters. The van der Waals surface area contributed by atoms with Crippen molar-refractivity contribution in [2.24, 2.45) is 0 Å². The molecule has 0 spiro atoms. The predicted molar refractivity (Wildman–Crippen MR) is 147 cm³/mol. The van der Waals surface area contributed by atoms with Crippen LogP contribution in [0.5, 0.6) is 11.5 Å². The molecular formula is C28H28N6O3S. The smallest absolute Gasteiger partial charge is 0.410 e. The Bertz CT molecular complexity index is 1670. The van der Waals surface area contributed by atoms with E-state index in [0.29, 0.717) is 13.1 Å². The zero-order valence-electron chi connectivity index (χ0n) is 21.7. The lowest BCUT2D eigenvalue weighted by atomic mass is 10.1. The summed E-state index contributed by atoms with van der Waals surface area (Å²) in [6.45, 7) is 8.77. The van der Waals surface area contributed by atoms with Crippen molar-refractivity contribution in [1.29, 1.82) is 0 Å². The van der Waals surface area contributed by atoms with Crippen LogP contribution in [0.1, 0.15) is 36.8 Å².